The molecule has 7 heteroatoms. The summed E-state index contributed by atoms with van der Waals surface area (Å²) < 4.78 is 14.0. The van der Waals surface area contributed by atoms with Gasteiger partial charge in [0.25, 0.3) is 0 Å². The second kappa shape index (κ2) is 7.78. The molecule has 144 valence electrons. The Kier molecular flexibility index (Phi) is 5.22. The average Bonchev–Trinajstić information content (AvgIpc) is 2.69. The van der Waals surface area contributed by atoms with Crippen LogP contribution in [0.5, 0.6) is 0 Å². The van der Waals surface area contributed by atoms with E-state index in [1.807, 2.05) is 31.2 Å². The molecule has 1 N–H and O–H groups in total. The quantitative estimate of drug-likeness (QED) is 0.886. The van der Waals surface area contributed by atoms with E-state index in [0.717, 1.165) is 50.7 Å². The molecule has 2 aromatic rings. The number of rotatable bonds is 3. The lowest BCUT2D eigenvalue weighted by atomic mass is 9.99. The number of anilines is 2. The largest absolute Gasteiger partial charge is 0.390 e. The minimum Gasteiger partial charge on any atom is -0.390 e. The van der Waals surface area contributed by atoms with Crippen LogP contribution in [-0.4, -0.2) is 71.6 Å². The smallest absolute Gasteiger partial charge is 0.151 e. The predicted octanol–water partition coefficient (Wildman–Crippen LogP) is 1.69. The second-order valence-corrected chi connectivity index (χ2v) is 7.38. The Balaban J connectivity index is 1.34. The summed E-state index contributed by atoms with van der Waals surface area (Å²) in [5.74, 6) is 0.654. The Labute approximate surface area is 159 Å². The zero-order valence-electron chi connectivity index (χ0n) is 15.6. The van der Waals surface area contributed by atoms with Gasteiger partial charge in [0.15, 0.2) is 5.82 Å². The fourth-order valence-corrected chi connectivity index (χ4v) is 4.12. The molecule has 0 saturated carbocycles. The first-order valence-corrected chi connectivity index (χ1v) is 9.59. The topological polar surface area (TPSA) is 55.7 Å². The molecular formula is C20H26FN5O. The minimum absolute atomic E-state index is 0.141. The van der Waals surface area contributed by atoms with Gasteiger partial charge in [0.05, 0.1) is 17.5 Å². The van der Waals surface area contributed by atoms with E-state index < -0.39 is 6.10 Å². The Hall–Kier alpha value is -2.25. The van der Waals surface area contributed by atoms with Crippen LogP contribution in [0.25, 0.3) is 0 Å². The summed E-state index contributed by atoms with van der Waals surface area (Å²) >= 11 is 0. The van der Waals surface area contributed by atoms with Crippen molar-refractivity contribution in [3.8, 4) is 0 Å². The van der Waals surface area contributed by atoms with Crippen LogP contribution in [0.3, 0.4) is 0 Å². The van der Waals surface area contributed by atoms with Crippen molar-refractivity contribution in [1.29, 1.82) is 0 Å². The summed E-state index contributed by atoms with van der Waals surface area (Å²) in [6.45, 7) is 6.55. The van der Waals surface area contributed by atoms with Gasteiger partial charge in [0.1, 0.15) is 5.82 Å². The third-order valence-electron chi connectivity index (χ3n) is 5.63. The number of nitrogens with zero attached hydrogens (tertiary/aromatic N) is 5. The number of benzene rings is 1. The number of aliphatic hydroxyl groups excluding tert-OH is 1. The van der Waals surface area contributed by atoms with Gasteiger partial charge in [-0.15, -0.1) is 5.10 Å². The van der Waals surface area contributed by atoms with Crippen LogP contribution in [-0.2, 0) is 0 Å². The van der Waals surface area contributed by atoms with Crippen LogP contribution in [0, 0.1) is 12.7 Å². The highest BCUT2D eigenvalue weighted by molar-refractivity contribution is 5.48. The van der Waals surface area contributed by atoms with Gasteiger partial charge in [-0.05, 0) is 37.6 Å². The third kappa shape index (κ3) is 3.89. The molecule has 4 rings (SSSR count). The number of para-hydroxylation sites is 1. The highest BCUT2D eigenvalue weighted by Crippen LogP contribution is 2.25. The van der Waals surface area contributed by atoms with Crippen LogP contribution in [0.2, 0.25) is 0 Å². The Morgan fingerprint density at radius 1 is 0.963 bits per heavy atom. The number of piperazine rings is 1. The maximum atomic E-state index is 14.0. The third-order valence-corrected chi connectivity index (χ3v) is 5.63. The van der Waals surface area contributed by atoms with E-state index in [2.05, 4.69) is 24.9 Å². The molecule has 2 saturated heterocycles. The van der Waals surface area contributed by atoms with Crippen molar-refractivity contribution >= 4 is 11.5 Å². The lowest BCUT2D eigenvalue weighted by Crippen LogP contribution is -2.59. The maximum absolute atomic E-state index is 14.0. The van der Waals surface area contributed by atoms with Crippen LogP contribution in [0.1, 0.15) is 12.1 Å². The molecule has 0 aliphatic carbocycles. The SMILES string of the molecule is Cc1ccc(N2CC[C@@H](N3CCN(c4ccccc4F)CC3)[C@H](O)C2)nn1. The summed E-state index contributed by atoms with van der Waals surface area (Å²) in [4.78, 5) is 6.54. The van der Waals surface area contributed by atoms with Crippen molar-refractivity contribution < 1.29 is 9.50 Å². The first-order valence-electron chi connectivity index (χ1n) is 9.59. The molecule has 0 amide bonds. The first-order chi connectivity index (χ1) is 13.1. The van der Waals surface area contributed by atoms with Crippen molar-refractivity contribution in [2.24, 2.45) is 0 Å². The van der Waals surface area contributed by atoms with Crippen molar-refractivity contribution in [3.05, 3.63) is 47.9 Å². The maximum Gasteiger partial charge on any atom is 0.151 e. The summed E-state index contributed by atoms with van der Waals surface area (Å²) in [7, 11) is 0. The van der Waals surface area contributed by atoms with E-state index in [4.69, 9.17) is 0 Å². The Morgan fingerprint density at radius 2 is 1.74 bits per heavy atom. The summed E-state index contributed by atoms with van der Waals surface area (Å²) in [5, 5.41) is 19.1. The van der Waals surface area contributed by atoms with E-state index in [1.54, 1.807) is 6.07 Å². The van der Waals surface area contributed by atoms with E-state index >= 15 is 0 Å². The van der Waals surface area contributed by atoms with E-state index in [-0.39, 0.29) is 11.9 Å². The predicted molar refractivity (Wildman–Crippen MR) is 104 cm³/mol. The molecule has 2 aliphatic heterocycles. The van der Waals surface area contributed by atoms with Gasteiger partial charge >= 0.3 is 0 Å². The van der Waals surface area contributed by atoms with E-state index in [0.29, 0.717) is 12.2 Å². The second-order valence-electron chi connectivity index (χ2n) is 7.38. The summed E-state index contributed by atoms with van der Waals surface area (Å²) in [6, 6.07) is 11.0. The monoisotopic (exact) mass is 371 g/mol. The number of piperidine rings is 1. The fraction of sp³-hybridized carbons (Fsp3) is 0.500. The highest BCUT2D eigenvalue weighted by Gasteiger charge is 2.34. The fourth-order valence-electron chi connectivity index (χ4n) is 4.12. The molecule has 6 nitrogen and oxygen atoms in total. The molecule has 2 atom stereocenters. The molecule has 3 heterocycles. The van der Waals surface area contributed by atoms with Gasteiger partial charge < -0.3 is 14.9 Å². The molecular weight excluding hydrogens is 345 g/mol. The zero-order valence-corrected chi connectivity index (χ0v) is 15.6. The Morgan fingerprint density at radius 3 is 2.41 bits per heavy atom. The van der Waals surface area contributed by atoms with Crippen LogP contribution in [0.4, 0.5) is 15.9 Å². The standard InChI is InChI=1S/C20H26FN5O/c1-15-6-7-20(23-22-15)26-9-8-18(19(27)14-26)25-12-10-24(11-13-25)17-5-3-2-4-16(17)21/h2-7,18-19,27H,8-14H2,1H3/t18-,19-/m1/s1. The average molecular weight is 371 g/mol. The molecule has 1 aromatic carbocycles. The van der Waals surface area contributed by atoms with Gasteiger partial charge in [-0.25, -0.2) is 4.39 Å². The van der Waals surface area contributed by atoms with Gasteiger partial charge in [0.2, 0.25) is 0 Å². The van der Waals surface area contributed by atoms with Crippen LogP contribution >= 0.6 is 0 Å². The lowest BCUT2D eigenvalue weighted by Gasteiger charge is -2.45. The van der Waals surface area contributed by atoms with Crippen molar-refractivity contribution in [2.45, 2.75) is 25.5 Å². The summed E-state index contributed by atoms with van der Waals surface area (Å²) in [6.07, 6.45) is 0.457. The molecule has 2 fully saturated rings. The van der Waals surface area contributed by atoms with Crippen molar-refractivity contribution in [3.63, 3.8) is 0 Å². The molecule has 0 bridgehead atoms. The molecule has 1 aromatic heterocycles. The lowest BCUT2D eigenvalue weighted by molar-refractivity contribution is 0.0336. The number of aryl methyl sites for hydroxylation is 1. The Bertz CT molecular complexity index is 763. The molecule has 2 aliphatic rings. The number of hydrogen-bond donors (Lipinski definition) is 1. The summed E-state index contributed by atoms with van der Waals surface area (Å²) in [5.41, 5.74) is 1.56. The normalized spacial score (nSPS) is 24.3. The van der Waals surface area contributed by atoms with Gasteiger partial charge in [-0.3, -0.25) is 4.90 Å². The number of aromatic nitrogens is 2. The first kappa shape index (κ1) is 18.1. The van der Waals surface area contributed by atoms with Gasteiger partial charge in [0, 0.05) is 45.3 Å². The number of aliphatic hydroxyl groups is 1. The number of halogens is 1. The van der Waals surface area contributed by atoms with Crippen molar-refractivity contribution in [1.82, 2.24) is 15.1 Å². The zero-order chi connectivity index (χ0) is 18.8. The minimum atomic E-state index is -0.429. The molecule has 27 heavy (non-hydrogen) atoms. The van der Waals surface area contributed by atoms with Gasteiger partial charge in [-0.1, -0.05) is 12.1 Å². The van der Waals surface area contributed by atoms with Crippen LogP contribution in [0.15, 0.2) is 36.4 Å². The van der Waals surface area contributed by atoms with Crippen molar-refractivity contribution in [2.75, 3.05) is 49.1 Å². The van der Waals surface area contributed by atoms with Crippen LogP contribution < -0.4 is 9.80 Å². The molecule has 0 unspecified atom stereocenters. The van der Waals surface area contributed by atoms with E-state index in [9.17, 15) is 9.50 Å². The molecule has 0 spiro atoms. The number of hydrogen-bond acceptors (Lipinski definition) is 6. The van der Waals surface area contributed by atoms with Gasteiger partial charge in [-0.2, -0.15) is 5.10 Å². The highest BCUT2D eigenvalue weighted by atomic mass is 19.1. The van der Waals surface area contributed by atoms with E-state index in [1.165, 1.54) is 6.07 Å². The molecule has 0 radical (unpaired) electrons. The number of β-amino-alcohol motifs (C(OH)–C–C–N with tert-alkyl or cyclic N) is 1.